The Morgan fingerprint density at radius 3 is 2.30 bits per heavy atom. The first-order valence-corrected chi connectivity index (χ1v) is 12.3. The quantitative estimate of drug-likeness (QED) is 0.431. The van der Waals surface area contributed by atoms with Crippen molar-refractivity contribution in [3.63, 3.8) is 0 Å². The number of piperidine rings is 1. The van der Waals surface area contributed by atoms with Gasteiger partial charge in [-0.25, -0.2) is 12.8 Å². The number of carbonyl (C=O) groups is 1. The summed E-state index contributed by atoms with van der Waals surface area (Å²) in [6, 6.07) is 12.2. The van der Waals surface area contributed by atoms with Crippen molar-refractivity contribution in [3.05, 3.63) is 59.9 Å². The number of sulfone groups is 1. The van der Waals surface area contributed by atoms with E-state index >= 15 is 0 Å². The summed E-state index contributed by atoms with van der Waals surface area (Å²) >= 11 is 0. The Labute approximate surface area is 194 Å². The molecule has 0 aliphatic carbocycles. The molecule has 6 nitrogen and oxygen atoms in total. The zero-order valence-electron chi connectivity index (χ0n) is 18.8. The van der Waals surface area contributed by atoms with Gasteiger partial charge in [-0.3, -0.25) is 9.69 Å². The van der Waals surface area contributed by atoms with E-state index in [9.17, 15) is 17.6 Å². The Kier molecular flexibility index (Phi) is 8.11. The van der Waals surface area contributed by atoms with Crippen molar-refractivity contribution in [3.8, 4) is 17.6 Å². The second kappa shape index (κ2) is 10.8. The fraction of sp³-hybridized carbons (Fsp3) is 0.400. The van der Waals surface area contributed by atoms with Crippen LogP contribution in [0.2, 0.25) is 0 Å². The number of rotatable bonds is 8. The smallest absolute Gasteiger partial charge is 0.327 e. The predicted octanol–water partition coefficient (Wildman–Crippen LogP) is 3.60. The number of likely N-dealkylation sites (tertiary alicyclic amines) is 1. The lowest BCUT2D eigenvalue weighted by Crippen LogP contribution is -2.54. The predicted molar refractivity (Wildman–Crippen MR) is 123 cm³/mol. The number of hydrogen-bond acceptors (Lipinski definition) is 6. The van der Waals surface area contributed by atoms with E-state index in [1.54, 1.807) is 38.1 Å². The first-order chi connectivity index (χ1) is 15.8. The van der Waals surface area contributed by atoms with Gasteiger partial charge in [0.05, 0.1) is 11.5 Å². The van der Waals surface area contributed by atoms with Crippen molar-refractivity contribution in [1.29, 1.82) is 0 Å². The van der Waals surface area contributed by atoms with E-state index < -0.39 is 20.6 Å². The van der Waals surface area contributed by atoms with Gasteiger partial charge < -0.3 is 9.47 Å². The lowest BCUT2D eigenvalue weighted by molar-refractivity contribution is -0.147. The van der Waals surface area contributed by atoms with Crippen LogP contribution in [0, 0.1) is 17.7 Å². The van der Waals surface area contributed by atoms with E-state index in [0.717, 1.165) is 5.56 Å². The fourth-order valence-electron chi connectivity index (χ4n) is 3.90. The van der Waals surface area contributed by atoms with Crippen LogP contribution in [0.3, 0.4) is 0 Å². The molecule has 0 amide bonds. The van der Waals surface area contributed by atoms with Crippen molar-refractivity contribution < 1.29 is 27.1 Å². The van der Waals surface area contributed by atoms with Crippen LogP contribution in [0.5, 0.6) is 5.75 Å². The summed E-state index contributed by atoms with van der Waals surface area (Å²) in [5.41, 5.74) is 0.922. The minimum atomic E-state index is -4.02. The van der Waals surface area contributed by atoms with E-state index in [0.29, 0.717) is 25.4 Å². The molecule has 3 rings (SSSR count). The molecular formula is C25H28FNO5S. The summed E-state index contributed by atoms with van der Waals surface area (Å²) in [5, 5.41) is 0. The Hall–Kier alpha value is -2.89. The number of benzene rings is 2. The van der Waals surface area contributed by atoms with E-state index in [2.05, 4.69) is 16.7 Å². The number of carbonyl (C=O) groups excluding carboxylic acids is 1. The molecule has 0 N–H and O–H groups in total. The highest BCUT2D eigenvalue weighted by Crippen LogP contribution is 2.37. The first-order valence-electron chi connectivity index (χ1n) is 10.8. The van der Waals surface area contributed by atoms with Crippen LogP contribution in [-0.4, -0.2) is 50.3 Å². The molecule has 1 heterocycles. The van der Waals surface area contributed by atoms with Crippen molar-refractivity contribution in [2.75, 3.05) is 26.3 Å². The Morgan fingerprint density at radius 1 is 1.09 bits per heavy atom. The van der Waals surface area contributed by atoms with Gasteiger partial charge >= 0.3 is 5.97 Å². The zero-order chi connectivity index (χ0) is 23.9. The zero-order valence-corrected chi connectivity index (χ0v) is 19.7. The van der Waals surface area contributed by atoms with Crippen LogP contribution in [0.25, 0.3) is 0 Å². The van der Waals surface area contributed by atoms with Gasteiger partial charge in [0, 0.05) is 19.6 Å². The fourth-order valence-corrected chi connectivity index (χ4v) is 5.84. The SMILES string of the molecule is CC#CCOc1ccc(S(=O)(=O)C2(C(=O)OCC)CCN(Cc3ccc(F)cc3)CC2)cc1. The molecule has 0 aromatic heterocycles. The minimum absolute atomic E-state index is 0.0523. The number of halogens is 1. The molecule has 0 radical (unpaired) electrons. The molecule has 33 heavy (non-hydrogen) atoms. The number of ether oxygens (including phenoxy) is 2. The lowest BCUT2D eigenvalue weighted by Gasteiger charge is -2.39. The average Bonchev–Trinajstić information content (AvgIpc) is 2.81. The molecule has 1 aliphatic heterocycles. The van der Waals surface area contributed by atoms with Crippen LogP contribution in [-0.2, 0) is 25.9 Å². The molecule has 8 heteroatoms. The van der Waals surface area contributed by atoms with Crippen LogP contribution < -0.4 is 4.74 Å². The molecule has 0 saturated carbocycles. The molecule has 1 saturated heterocycles. The van der Waals surface area contributed by atoms with Gasteiger partial charge in [0.25, 0.3) is 0 Å². The number of nitrogens with zero attached hydrogens (tertiary/aromatic N) is 1. The summed E-state index contributed by atoms with van der Waals surface area (Å²) in [6.45, 7) is 5.01. The molecule has 0 unspecified atom stereocenters. The number of hydrogen-bond donors (Lipinski definition) is 0. The number of esters is 1. The highest BCUT2D eigenvalue weighted by atomic mass is 32.2. The van der Waals surface area contributed by atoms with E-state index in [-0.39, 0.29) is 36.8 Å². The van der Waals surface area contributed by atoms with Gasteiger partial charge in [-0.05, 0) is 68.7 Å². The average molecular weight is 474 g/mol. The van der Waals surface area contributed by atoms with Crippen molar-refractivity contribution >= 4 is 15.8 Å². The third-order valence-electron chi connectivity index (χ3n) is 5.77. The summed E-state index contributed by atoms with van der Waals surface area (Å²) in [4.78, 5) is 15.1. The van der Waals surface area contributed by atoms with Gasteiger partial charge in [0.1, 0.15) is 18.2 Å². The molecule has 1 fully saturated rings. The molecule has 0 spiro atoms. The maximum absolute atomic E-state index is 13.7. The molecule has 2 aromatic carbocycles. The van der Waals surface area contributed by atoms with Crippen molar-refractivity contribution in [2.24, 2.45) is 0 Å². The standard InChI is InChI=1S/C25H28FNO5S/c1-3-5-18-32-22-10-12-23(13-11-22)33(29,30)25(24(28)31-4-2)14-16-27(17-15-25)19-20-6-8-21(26)9-7-20/h6-13H,4,14-19H2,1-2H3. The largest absolute Gasteiger partial charge is 0.481 e. The Morgan fingerprint density at radius 2 is 1.73 bits per heavy atom. The Balaban J connectivity index is 1.80. The van der Waals surface area contributed by atoms with Gasteiger partial charge in [-0.2, -0.15) is 0 Å². The van der Waals surface area contributed by atoms with E-state index in [4.69, 9.17) is 9.47 Å². The Bertz CT molecular complexity index is 1110. The van der Waals surface area contributed by atoms with Gasteiger partial charge in [0.15, 0.2) is 14.6 Å². The van der Waals surface area contributed by atoms with E-state index in [1.165, 1.54) is 24.3 Å². The maximum Gasteiger partial charge on any atom is 0.327 e. The molecule has 0 bridgehead atoms. The lowest BCUT2D eigenvalue weighted by atomic mass is 9.95. The van der Waals surface area contributed by atoms with Crippen LogP contribution in [0.1, 0.15) is 32.3 Å². The molecular weight excluding hydrogens is 445 g/mol. The summed E-state index contributed by atoms with van der Waals surface area (Å²) in [6.07, 6.45) is 0.222. The van der Waals surface area contributed by atoms with Crippen LogP contribution >= 0.6 is 0 Å². The summed E-state index contributed by atoms with van der Waals surface area (Å²) in [7, 11) is -4.02. The monoisotopic (exact) mass is 473 g/mol. The summed E-state index contributed by atoms with van der Waals surface area (Å²) < 4.78 is 49.6. The van der Waals surface area contributed by atoms with Crippen molar-refractivity contribution in [1.82, 2.24) is 4.90 Å². The molecule has 2 aromatic rings. The van der Waals surface area contributed by atoms with Gasteiger partial charge in [-0.1, -0.05) is 18.1 Å². The highest BCUT2D eigenvalue weighted by Gasteiger charge is 2.54. The summed E-state index contributed by atoms with van der Waals surface area (Å²) in [5.74, 6) is 4.97. The van der Waals surface area contributed by atoms with Gasteiger partial charge in [0.2, 0.25) is 0 Å². The first kappa shape index (κ1) is 24.7. The van der Waals surface area contributed by atoms with Crippen molar-refractivity contribution in [2.45, 2.75) is 42.9 Å². The normalized spacial score (nSPS) is 15.8. The molecule has 0 atom stereocenters. The van der Waals surface area contributed by atoms with Gasteiger partial charge in [-0.15, -0.1) is 5.92 Å². The third kappa shape index (κ3) is 5.55. The highest BCUT2D eigenvalue weighted by molar-refractivity contribution is 7.93. The topological polar surface area (TPSA) is 72.9 Å². The molecule has 1 aliphatic rings. The second-order valence-electron chi connectivity index (χ2n) is 7.81. The van der Waals surface area contributed by atoms with Crippen LogP contribution in [0.4, 0.5) is 4.39 Å². The third-order valence-corrected chi connectivity index (χ3v) is 8.26. The maximum atomic E-state index is 13.7. The van der Waals surface area contributed by atoms with E-state index in [1.807, 2.05) is 0 Å². The second-order valence-corrected chi connectivity index (χ2v) is 10.1. The minimum Gasteiger partial charge on any atom is -0.481 e. The molecule has 176 valence electrons. The van der Waals surface area contributed by atoms with Crippen LogP contribution in [0.15, 0.2) is 53.4 Å².